The van der Waals surface area contributed by atoms with E-state index in [2.05, 4.69) is 0 Å². The topological polar surface area (TPSA) is 29.5 Å². The van der Waals surface area contributed by atoms with E-state index in [1.54, 1.807) is 0 Å². The zero-order valence-corrected chi connectivity index (χ0v) is 12.2. The second-order valence-electron chi connectivity index (χ2n) is 5.18. The van der Waals surface area contributed by atoms with E-state index >= 15 is 0 Å². The minimum absolute atomic E-state index is 0.652. The van der Waals surface area contributed by atoms with Crippen molar-refractivity contribution in [1.29, 1.82) is 0 Å². The molecule has 0 aliphatic carbocycles. The van der Waals surface area contributed by atoms with Gasteiger partial charge in [-0.1, -0.05) is 29.8 Å². The fraction of sp³-hybridized carbons (Fsp3) is 0.294. The van der Waals surface area contributed by atoms with E-state index in [1.807, 2.05) is 43.3 Å². The number of hydrogen-bond donors (Lipinski definition) is 1. The first-order valence-corrected chi connectivity index (χ1v) is 7.23. The molecule has 0 fully saturated rings. The molecule has 104 valence electrons. The van der Waals surface area contributed by atoms with Gasteiger partial charge in [-0.25, -0.2) is 0 Å². The molecule has 2 nitrogen and oxygen atoms in total. The van der Waals surface area contributed by atoms with E-state index in [4.69, 9.17) is 16.3 Å². The molecule has 1 heterocycles. The summed E-state index contributed by atoms with van der Waals surface area (Å²) >= 11 is 6.13. The molecule has 1 atom stereocenters. The van der Waals surface area contributed by atoms with Gasteiger partial charge >= 0.3 is 0 Å². The Hall–Kier alpha value is -1.51. The van der Waals surface area contributed by atoms with Crippen molar-refractivity contribution in [3.63, 3.8) is 0 Å². The molecule has 0 bridgehead atoms. The lowest BCUT2D eigenvalue weighted by Crippen LogP contribution is -2.10. The maximum absolute atomic E-state index is 10.6. The smallest absolute Gasteiger partial charge is 0.122 e. The van der Waals surface area contributed by atoms with Gasteiger partial charge in [0.25, 0.3) is 0 Å². The predicted molar refractivity (Wildman–Crippen MR) is 80.5 cm³/mol. The standard InChI is InChI=1S/C17H17ClO2/c1-11-14(5-2-6-15(11)18)17(19)13-7-8-16-12(10-13)4-3-9-20-16/h2,5-8,10,17,19H,3-4,9H2,1H3. The van der Waals surface area contributed by atoms with Crippen LogP contribution in [-0.2, 0) is 6.42 Å². The van der Waals surface area contributed by atoms with Gasteiger partial charge in [0, 0.05) is 5.02 Å². The second kappa shape index (κ2) is 5.47. The van der Waals surface area contributed by atoms with Crippen molar-refractivity contribution in [3.8, 4) is 5.75 Å². The summed E-state index contributed by atoms with van der Waals surface area (Å²) < 4.78 is 5.60. The van der Waals surface area contributed by atoms with Crippen molar-refractivity contribution in [2.75, 3.05) is 6.61 Å². The van der Waals surface area contributed by atoms with Crippen molar-refractivity contribution in [3.05, 3.63) is 63.7 Å². The van der Waals surface area contributed by atoms with Gasteiger partial charge in [-0.05, 0) is 60.2 Å². The number of aryl methyl sites for hydroxylation is 1. The van der Waals surface area contributed by atoms with Crippen molar-refractivity contribution < 1.29 is 9.84 Å². The van der Waals surface area contributed by atoms with E-state index in [9.17, 15) is 5.11 Å². The van der Waals surface area contributed by atoms with Gasteiger partial charge in [0.05, 0.1) is 6.61 Å². The van der Waals surface area contributed by atoms with Gasteiger partial charge in [-0.3, -0.25) is 0 Å². The number of aliphatic hydroxyl groups excluding tert-OH is 1. The van der Waals surface area contributed by atoms with Crippen LogP contribution >= 0.6 is 11.6 Å². The minimum atomic E-state index is -0.652. The van der Waals surface area contributed by atoms with E-state index in [0.717, 1.165) is 41.9 Å². The summed E-state index contributed by atoms with van der Waals surface area (Å²) in [4.78, 5) is 0. The number of rotatable bonds is 2. The van der Waals surface area contributed by atoms with Crippen molar-refractivity contribution in [2.45, 2.75) is 25.9 Å². The van der Waals surface area contributed by atoms with Crippen LogP contribution in [0, 0.1) is 6.92 Å². The average molecular weight is 289 g/mol. The lowest BCUT2D eigenvalue weighted by Gasteiger charge is -2.20. The number of fused-ring (bicyclic) bond motifs is 1. The van der Waals surface area contributed by atoms with E-state index in [-0.39, 0.29) is 0 Å². The maximum atomic E-state index is 10.6. The molecular formula is C17H17ClO2. The highest BCUT2D eigenvalue weighted by Crippen LogP contribution is 2.32. The molecular weight excluding hydrogens is 272 g/mol. The molecule has 0 amide bonds. The summed E-state index contributed by atoms with van der Waals surface area (Å²) in [6.07, 6.45) is 1.38. The predicted octanol–water partition coefficient (Wildman–Crippen LogP) is 4.06. The maximum Gasteiger partial charge on any atom is 0.122 e. The minimum Gasteiger partial charge on any atom is -0.493 e. The highest BCUT2D eigenvalue weighted by Gasteiger charge is 2.17. The van der Waals surface area contributed by atoms with Gasteiger partial charge in [0.1, 0.15) is 11.9 Å². The third-order valence-corrected chi connectivity index (χ3v) is 4.26. The summed E-state index contributed by atoms with van der Waals surface area (Å²) in [5.41, 5.74) is 3.84. The highest BCUT2D eigenvalue weighted by atomic mass is 35.5. The first-order valence-electron chi connectivity index (χ1n) is 6.85. The number of halogens is 1. The lowest BCUT2D eigenvalue weighted by molar-refractivity contribution is 0.219. The van der Waals surface area contributed by atoms with Crippen molar-refractivity contribution in [1.82, 2.24) is 0 Å². The second-order valence-corrected chi connectivity index (χ2v) is 5.58. The molecule has 2 aromatic carbocycles. The molecule has 0 saturated carbocycles. The molecule has 1 aliphatic rings. The Morgan fingerprint density at radius 3 is 2.95 bits per heavy atom. The van der Waals surface area contributed by atoms with Crippen LogP contribution in [0.1, 0.15) is 34.8 Å². The van der Waals surface area contributed by atoms with Crippen LogP contribution in [-0.4, -0.2) is 11.7 Å². The molecule has 0 radical (unpaired) electrons. The Morgan fingerprint density at radius 1 is 1.25 bits per heavy atom. The zero-order valence-electron chi connectivity index (χ0n) is 11.4. The molecule has 20 heavy (non-hydrogen) atoms. The van der Waals surface area contributed by atoms with Gasteiger partial charge < -0.3 is 9.84 Å². The molecule has 0 saturated heterocycles. The number of hydrogen-bond acceptors (Lipinski definition) is 2. The Labute approximate surface area is 124 Å². The summed E-state index contributed by atoms with van der Waals surface area (Å²) in [5, 5.41) is 11.3. The number of aliphatic hydroxyl groups is 1. The fourth-order valence-electron chi connectivity index (χ4n) is 2.65. The first kappa shape index (κ1) is 13.5. The molecule has 1 N–H and O–H groups in total. The molecule has 1 unspecified atom stereocenters. The molecule has 2 aromatic rings. The number of benzene rings is 2. The highest BCUT2D eigenvalue weighted by molar-refractivity contribution is 6.31. The molecule has 0 spiro atoms. The fourth-order valence-corrected chi connectivity index (χ4v) is 2.83. The van der Waals surface area contributed by atoms with Crippen LogP contribution in [0.25, 0.3) is 0 Å². The van der Waals surface area contributed by atoms with Gasteiger partial charge in [0.15, 0.2) is 0 Å². The summed E-state index contributed by atoms with van der Waals surface area (Å²) in [6, 6.07) is 11.5. The molecule has 1 aliphatic heterocycles. The molecule has 3 heteroatoms. The summed E-state index contributed by atoms with van der Waals surface area (Å²) in [7, 11) is 0. The lowest BCUT2D eigenvalue weighted by atomic mass is 9.94. The summed E-state index contributed by atoms with van der Waals surface area (Å²) in [5.74, 6) is 0.940. The summed E-state index contributed by atoms with van der Waals surface area (Å²) in [6.45, 7) is 2.71. The van der Waals surface area contributed by atoms with Gasteiger partial charge in [-0.15, -0.1) is 0 Å². The first-order chi connectivity index (χ1) is 9.66. The molecule has 3 rings (SSSR count). The largest absolute Gasteiger partial charge is 0.493 e. The van der Waals surface area contributed by atoms with Crippen LogP contribution in [0.4, 0.5) is 0 Å². The van der Waals surface area contributed by atoms with Crippen molar-refractivity contribution >= 4 is 11.6 Å². The van der Waals surface area contributed by atoms with E-state index in [0.29, 0.717) is 5.02 Å². The SMILES string of the molecule is Cc1c(Cl)cccc1C(O)c1ccc2c(c1)CCCO2. The normalized spacial score (nSPS) is 15.3. The van der Waals surface area contributed by atoms with Crippen molar-refractivity contribution in [2.24, 2.45) is 0 Å². The third kappa shape index (κ3) is 2.41. The van der Waals surface area contributed by atoms with E-state index < -0.39 is 6.10 Å². The number of ether oxygens (including phenoxy) is 1. The van der Waals surface area contributed by atoms with Gasteiger partial charge in [-0.2, -0.15) is 0 Å². The Bertz CT molecular complexity index is 637. The Kier molecular flexibility index (Phi) is 3.68. The van der Waals surface area contributed by atoms with Crippen LogP contribution in [0.5, 0.6) is 5.75 Å². The monoisotopic (exact) mass is 288 g/mol. The van der Waals surface area contributed by atoms with Gasteiger partial charge in [0.2, 0.25) is 0 Å². The van der Waals surface area contributed by atoms with Crippen LogP contribution in [0.15, 0.2) is 36.4 Å². The average Bonchev–Trinajstić information content (AvgIpc) is 2.49. The van der Waals surface area contributed by atoms with Crippen LogP contribution in [0.2, 0.25) is 5.02 Å². The quantitative estimate of drug-likeness (QED) is 0.903. The third-order valence-electron chi connectivity index (χ3n) is 3.85. The molecule has 0 aromatic heterocycles. The Morgan fingerprint density at radius 2 is 2.10 bits per heavy atom. The zero-order chi connectivity index (χ0) is 14.1. The Balaban J connectivity index is 1.98. The van der Waals surface area contributed by atoms with Crippen LogP contribution < -0.4 is 4.74 Å². The van der Waals surface area contributed by atoms with E-state index in [1.165, 1.54) is 5.56 Å². The van der Waals surface area contributed by atoms with Crippen LogP contribution in [0.3, 0.4) is 0 Å².